The van der Waals surface area contributed by atoms with Gasteiger partial charge in [0.15, 0.2) is 6.29 Å². The number of nitrogens with zero attached hydrogens (tertiary/aromatic N) is 3. The van der Waals surface area contributed by atoms with Crippen LogP contribution >= 0.6 is 11.6 Å². The fraction of sp³-hybridized carbons (Fsp3) is 0.318. The Labute approximate surface area is 179 Å². The summed E-state index contributed by atoms with van der Waals surface area (Å²) in [7, 11) is 0. The van der Waals surface area contributed by atoms with E-state index in [0.717, 1.165) is 23.4 Å². The van der Waals surface area contributed by atoms with Crippen LogP contribution < -0.4 is 9.80 Å². The Morgan fingerprint density at radius 1 is 1.07 bits per heavy atom. The number of non-ortho nitro benzene ring substituents is 1. The van der Waals surface area contributed by atoms with Crippen molar-refractivity contribution in [3.63, 3.8) is 0 Å². The molecule has 0 spiro atoms. The third-order valence-electron chi connectivity index (χ3n) is 5.53. The zero-order valence-electron chi connectivity index (χ0n) is 16.4. The van der Waals surface area contributed by atoms with Crippen molar-refractivity contribution in [1.82, 2.24) is 0 Å². The van der Waals surface area contributed by atoms with Gasteiger partial charge in [-0.2, -0.15) is 0 Å². The number of anilines is 2. The molecule has 0 saturated carbocycles. The maximum atomic E-state index is 11.8. The summed E-state index contributed by atoms with van der Waals surface area (Å²) < 4.78 is 5.44. The van der Waals surface area contributed by atoms with Crippen molar-refractivity contribution in [2.75, 3.05) is 49.2 Å². The van der Waals surface area contributed by atoms with Crippen molar-refractivity contribution < 1.29 is 14.5 Å². The van der Waals surface area contributed by atoms with E-state index in [4.69, 9.17) is 16.3 Å². The van der Waals surface area contributed by atoms with Gasteiger partial charge >= 0.3 is 0 Å². The van der Waals surface area contributed by atoms with Gasteiger partial charge in [-0.05, 0) is 29.7 Å². The second-order valence-corrected chi connectivity index (χ2v) is 7.75. The molecule has 0 amide bonds. The fourth-order valence-corrected chi connectivity index (χ4v) is 4.13. The van der Waals surface area contributed by atoms with Crippen LogP contribution in [0.15, 0.2) is 42.5 Å². The highest BCUT2D eigenvalue weighted by Crippen LogP contribution is 2.38. The third-order valence-corrected chi connectivity index (χ3v) is 5.79. The Kier molecular flexibility index (Phi) is 6.01. The standard InChI is InChI=1S/C22H22ClN3O4/c23-19-3-1-16(2-4-19)17-5-7-24(8-6-17)21-14-20(26(28)29)13-18(15-27)22(21)25-9-11-30-12-10-25/h1-5,13-15H,6-12H2. The quantitative estimate of drug-likeness (QED) is 0.404. The summed E-state index contributed by atoms with van der Waals surface area (Å²) >= 11 is 5.99. The van der Waals surface area contributed by atoms with Gasteiger partial charge in [-0.25, -0.2) is 0 Å². The van der Waals surface area contributed by atoms with Gasteiger partial charge in [0.05, 0.1) is 29.5 Å². The van der Waals surface area contributed by atoms with Crippen LogP contribution in [0.1, 0.15) is 22.3 Å². The van der Waals surface area contributed by atoms with E-state index < -0.39 is 4.92 Å². The van der Waals surface area contributed by atoms with Gasteiger partial charge in [-0.15, -0.1) is 0 Å². The summed E-state index contributed by atoms with van der Waals surface area (Å²) in [5.41, 5.74) is 4.09. The topological polar surface area (TPSA) is 75.9 Å². The Balaban J connectivity index is 1.70. The molecule has 0 atom stereocenters. The SMILES string of the molecule is O=Cc1cc([N+](=O)[O-])cc(N2CC=C(c3ccc(Cl)cc3)CC2)c1N1CCOCC1. The van der Waals surface area contributed by atoms with E-state index in [9.17, 15) is 14.9 Å². The average molecular weight is 428 g/mol. The maximum absolute atomic E-state index is 11.8. The summed E-state index contributed by atoms with van der Waals surface area (Å²) in [6, 6.07) is 10.7. The highest BCUT2D eigenvalue weighted by Gasteiger charge is 2.26. The Bertz CT molecular complexity index is 985. The van der Waals surface area contributed by atoms with Crippen molar-refractivity contribution in [2.45, 2.75) is 6.42 Å². The van der Waals surface area contributed by atoms with E-state index in [1.807, 2.05) is 24.3 Å². The molecule has 2 heterocycles. The van der Waals surface area contributed by atoms with E-state index in [2.05, 4.69) is 15.9 Å². The predicted molar refractivity (Wildman–Crippen MR) is 118 cm³/mol. The molecule has 7 nitrogen and oxygen atoms in total. The highest BCUT2D eigenvalue weighted by atomic mass is 35.5. The first kappa shape index (κ1) is 20.4. The number of nitro benzene ring substituents is 1. The lowest BCUT2D eigenvalue weighted by molar-refractivity contribution is -0.384. The Hall–Kier alpha value is -2.90. The summed E-state index contributed by atoms with van der Waals surface area (Å²) in [5, 5.41) is 12.2. The first-order valence-corrected chi connectivity index (χ1v) is 10.2. The fourth-order valence-electron chi connectivity index (χ4n) is 4.01. The normalized spacial score (nSPS) is 16.9. The number of carbonyl (C=O) groups is 1. The zero-order chi connectivity index (χ0) is 21.1. The number of nitro groups is 1. The molecule has 0 unspecified atom stereocenters. The third kappa shape index (κ3) is 4.17. The minimum absolute atomic E-state index is 0.0726. The molecule has 30 heavy (non-hydrogen) atoms. The summed E-state index contributed by atoms with van der Waals surface area (Å²) in [6.45, 7) is 3.72. The molecular formula is C22H22ClN3O4. The number of morpholine rings is 1. The molecule has 0 aromatic heterocycles. The van der Waals surface area contributed by atoms with Crippen LogP contribution in [0.4, 0.5) is 17.1 Å². The maximum Gasteiger partial charge on any atom is 0.272 e. The van der Waals surface area contributed by atoms with Crippen LogP contribution in [0.25, 0.3) is 5.57 Å². The lowest BCUT2D eigenvalue weighted by Gasteiger charge is -2.36. The van der Waals surface area contributed by atoms with Gasteiger partial charge in [-0.3, -0.25) is 14.9 Å². The number of aldehydes is 1. The van der Waals surface area contributed by atoms with Crippen molar-refractivity contribution in [3.05, 3.63) is 68.7 Å². The molecule has 8 heteroatoms. The number of hydrogen-bond donors (Lipinski definition) is 0. The summed E-state index contributed by atoms with van der Waals surface area (Å²) in [4.78, 5) is 27.0. The second-order valence-electron chi connectivity index (χ2n) is 7.31. The lowest BCUT2D eigenvalue weighted by atomic mass is 9.98. The van der Waals surface area contributed by atoms with E-state index in [0.29, 0.717) is 56.3 Å². The number of ether oxygens (including phenoxy) is 1. The van der Waals surface area contributed by atoms with E-state index >= 15 is 0 Å². The predicted octanol–water partition coefficient (Wildman–Crippen LogP) is 4.19. The number of hydrogen-bond acceptors (Lipinski definition) is 6. The summed E-state index contributed by atoms with van der Waals surface area (Å²) in [6.07, 6.45) is 3.64. The van der Waals surface area contributed by atoms with Crippen LogP contribution in [0, 0.1) is 10.1 Å². The zero-order valence-corrected chi connectivity index (χ0v) is 17.2. The smallest absolute Gasteiger partial charge is 0.272 e. The Morgan fingerprint density at radius 3 is 2.40 bits per heavy atom. The molecule has 0 radical (unpaired) electrons. The number of carbonyl (C=O) groups excluding carboxylic acids is 1. The van der Waals surface area contributed by atoms with Gasteiger partial charge in [0.1, 0.15) is 0 Å². The van der Waals surface area contributed by atoms with Crippen molar-refractivity contribution in [3.8, 4) is 0 Å². The highest BCUT2D eigenvalue weighted by molar-refractivity contribution is 6.30. The summed E-state index contributed by atoms with van der Waals surface area (Å²) in [5.74, 6) is 0. The van der Waals surface area contributed by atoms with Crippen LogP contribution in [-0.4, -0.2) is 50.6 Å². The van der Waals surface area contributed by atoms with E-state index in [-0.39, 0.29) is 5.69 Å². The minimum Gasteiger partial charge on any atom is -0.378 e. The molecule has 2 aromatic rings. The molecule has 0 bridgehead atoms. The van der Waals surface area contributed by atoms with Gasteiger partial charge in [-0.1, -0.05) is 29.8 Å². The number of rotatable bonds is 5. The lowest BCUT2D eigenvalue weighted by Crippen LogP contribution is -2.39. The monoisotopic (exact) mass is 427 g/mol. The van der Waals surface area contributed by atoms with Crippen molar-refractivity contribution in [2.24, 2.45) is 0 Å². The largest absolute Gasteiger partial charge is 0.378 e. The molecule has 2 aliphatic heterocycles. The van der Waals surface area contributed by atoms with Gasteiger partial charge < -0.3 is 14.5 Å². The van der Waals surface area contributed by atoms with E-state index in [1.165, 1.54) is 11.6 Å². The average Bonchev–Trinajstić information content (AvgIpc) is 2.79. The van der Waals surface area contributed by atoms with Gasteiger partial charge in [0.25, 0.3) is 5.69 Å². The van der Waals surface area contributed by atoms with Crippen LogP contribution in [0.2, 0.25) is 5.02 Å². The first-order chi connectivity index (χ1) is 14.6. The number of halogens is 1. The molecule has 0 aliphatic carbocycles. The van der Waals surface area contributed by atoms with Gasteiger partial charge in [0, 0.05) is 48.9 Å². The molecular weight excluding hydrogens is 406 g/mol. The van der Waals surface area contributed by atoms with E-state index in [1.54, 1.807) is 6.07 Å². The van der Waals surface area contributed by atoms with Crippen molar-refractivity contribution >= 4 is 40.5 Å². The molecule has 156 valence electrons. The Morgan fingerprint density at radius 2 is 1.80 bits per heavy atom. The molecule has 2 aromatic carbocycles. The molecule has 2 aliphatic rings. The molecule has 0 N–H and O–H groups in total. The number of benzene rings is 2. The molecule has 1 fully saturated rings. The van der Waals surface area contributed by atoms with Crippen LogP contribution in [-0.2, 0) is 4.74 Å². The molecule has 4 rings (SSSR count). The minimum atomic E-state index is -0.446. The van der Waals surface area contributed by atoms with Crippen molar-refractivity contribution in [1.29, 1.82) is 0 Å². The van der Waals surface area contributed by atoms with Crippen LogP contribution in [0.3, 0.4) is 0 Å². The second kappa shape index (κ2) is 8.85. The van der Waals surface area contributed by atoms with Crippen LogP contribution in [0.5, 0.6) is 0 Å². The molecule has 1 saturated heterocycles. The first-order valence-electron chi connectivity index (χ1n) is 9.87. The van der Waals surface area contributed by atoms with Gasteiger partial charge in [0.2, 0.25) is 0 Å².